The lowest BCUT2D eigenvalue weighted by Crippen LogP contribution is -2.18. The number of imidazole rings is 1. The molecule has 0 spiro atoms. The molecule has 11 nitrogen and oxygen atoms in total. The fourth-order valence-electron chi connectivity index (χ4n) is 5.30. The smallest absolute Gasteiger partial charge is 0.356 e. The zero-order valence-electron chi connectivity index (χ0n) is 27.2. The van der Waals surface area contributed by atoms with Crippen LogP contribution in [0, 0.1) is 0 Å². The Hall–Kier alpha value is -4.42. The Labute approximate surface area is 265 Å². The topological polar surface area (TPSA) is 106 Å². The van der Waals surface area contributed by atoms with E-state index in [0.717, 1.165) is 56.5 Å². The standard InChI is InChI=1S/C33H41N6O5Si/c1-21(2)39-18-25(24-14-27(33(40)43-6)34-16-29(24)39)26-15-28(37(3)17-22-9-10-23(41-4)13-30(22)42-5)31-32(36-26)38(19-35-31)20-44-11-12-45(7)8/h9-10,13-16,18-19,21H,11-12,17,20H2,1-8H3/q+1. The number of esters is 1. The van der Waals surface area contributed by atoms with Crippen LogP contribution in [0.15, 0.2) is 49.1 Å². The van der Waals surface area contributed by atoms with Crippen LogP contribution in [0.2, 0.25) is 19.1 Å². The minimum Gasteiger partial charge on any atom is -0.497 e. The number of hydrogen-bond donors (Lipinski definition) is 0. The molecule has 0 saturated heterocycles. The van der Waals surface area contributed by atoms with E-state index < -0.39 is 5.97 Å². The van der Waals surface area contributed by atoms with Crippen LogP contribution in [0.1, 0.15) is 35.9 Å². The van der Waals surface area contributed by atoms with Crippen molar-refractivity contribution in [1.82, 2.24) is 24.1 Å². The first kappa shape index (κ1) is 32.0. The number of methoxy groups -OCH3 is 3. The predicted octanol–water partition coefficient (Wildman–Crippen LogP) is 6.20. The van der Waals surface area contributed by atoms with Crippen LogP contribution >= 0.6 is 0 Å². The maximum Gasteiger partial charge on any atom is 0.356 e. The van der Waals surface area contributed by atoms with Crippen LogP contribution in [0.4, 0.5) is 5.69 Å². The van der Waals surface area contributed by atoms with Gasteiger partial charge in [-0.2, -0.15) is 0 Å². The molecule has 1 aromatic carbocycles. The molecule has 236 valence electrons. The van der Waals surface area contributed by atoms with Gasteiger partial charge >= 0.3 is 14.8 Å². The van der Waals surface area contributed by atoms with E-state index in [1.807, 2.05) is 29.8 Å². The van der Waals surface area contributed by atoms with Gasteiger partial charge < -0.3 is 28.4 Å². The second kappa shape index (κ2) is 13.7. The predicted molar refractivity (Wildman–Crippen MR) is 178 cm³/mol. The van der Waals surface area contributed by atoms with Gasteiger partial charge in [-0.15, -0.1) is 0 Å². The number of rotatable bonds is 13. The number of pyridine rings is 2. The maximum atomic E-state index is 12.5. The van der Waals surface area contributed by atoms with Gasteiger partial charge in [0, 0.05) is 48.4 Å². The first-order valence-electron chi connectivity index (χ1n) is 14.9. The lowest BCUT2D eigenvalue weighted by Gasteiger charge is -2.22. The highest BCUT2D eigenvalue weighted by atomic mass is 28.3. The minimum absolute atomic E-state index is 0.155. The summed E-state index contributed by atoms with van der Waals surface area (Å²) in [6.45, 7) is 10.4. The van der Waals surface area contributed by atoms with E-state index in [0.29, 0.717) is 25.5 Å². The van der Waals surface area contributed by atoms with Gasteiger partial charge in [0.2, 0.25) is 0 Å². The van der Waals surface area contributed by atoms with Crippen molar-refractivity contribution in [3.05, 3.63) is 60.3 Å². The average Bonchev–Trinajstić information content (AvgIpc) is 3.63. The van der Waals surface area contributed by atoms with Crippen LogP contribution in [0.5, 0.6) is 11.5 Å². The number of aromatic nitrogens is 5. The number of fused-ring (bicyclic) bond motifs is 2. The Morgan fingerprint density at radius 3 is 2.56 bits per heavy atom. The van der Waals surface area contributed by atoms with Crippen LogP contribution in [-0.2, 0) is 22.7 Å². The van der Waals surface area contributed by atoms with Crippen LogP contribution in [0.25, 0.3) is 33.3 Å². The molecule has 0 aliphatic carbocycles. The highest BCUT2D eigenvalue weighted by Crippen LogP contribution is 2.37. The number of anilines is 1. The molecule has 5 aromatic rings. The fourth-order valence-corrected chi connectivity index (χ4v) is 5.85. The third kappa shape index (κ3) is 6.66. The number of ether oxygens (including phenoxy) is 4. The third-order valence-corrected chi connectivity index (χ3v) is 8.99. The molecule has 0 aliphatic rings. The van der Waals surface area contributed by atoms with Crippen LogP contribution < -0.4 is 14.4 Å². The van der Waals surface area contributed by atoms with Gasteiger partial charge in [0.15, 0.2) is 5.65 Å². The Kier molecular flexibility index (Phi) is 9.73. The second-order valence-electron chi connectivity index (χ2n) is 11.6. The maximum absolute atomic E-state index is 12.5. The van der Waals surface area contributed by atoms with E-state index in [-0.39, 0.29) is 20.5 Å². The second-order valence-corrected chi connectivity index (χ2v) is 14.5. The van der Waals surface area contributed by atoms with Crippen molar-refractivity contribution < 1.29 is 23.7 Å². The van der Waals surface area contributed by atoms with E-state index in [9.17, 15) is 4.79 Å². The molecule has 4 heterocycles. The molecule has 0 aliphatic heterocycles. The van der Waals surface area contributed by atoms with Crippen LogP contribution in [-0.4, -0.2) is 73.8 Å². The highest BCUT2D eigenvalue weighted by molar-refractivity contribution is 6.55. The van der Waals surface area contributed by atoms with E-state index in [4.69, 9.17) is 28.9 Å². The van der Waals surface area contributed by atoms with E-state index >= 15 is 0 Å². The summed E-state index contributed by atoms with van der Waals surface area (Å²) < 4.78 is 26.2. The minimum atomic E-state index is -0.490. The number of hydrogen-bond acceptors (Lipinski definition) is 9. The largest absolute Gasteiger partial charge is 0.497 e. The molecular formula is C33H41N6O5Si+. The quantitative estimate of drug-likeness (QED) is 0.0855. The Bertz CT molecular complexity index is 1810. The SMILES string of the molecule is COC(=O)c1cc2c(-c3cc(N(C)Cc4ccc(OC)cc4OC)c4ncn(COCC[Si+](C)C)c4n3)cn(C(C)C)c2cn1. The molecule has 0 radical (unpaired) electrons. The normalized spacial score (nSPS) is 11.4. The first-order valence-corrected chi connectivity index (χ1v) is 17.6. The molecule has 45 heavy (non-hydrogen) atoms. The molecule has 0 unspecified atom stereocenters. The summed E-state index contributed by atoms with van der Waals surface area (Å²) in [6, 6.07) is 10.9. The summed E-state index contributed by atoms with van der Waals surface area (Å²) in [5, 5.41) is 0.860. The molecular weight excluding hydrogens is 588 g/mol. The highest BCUT2D eigenvalue weighted by Gasteiger charge is 2.22. The van der Waals surface area contributed by atoms with Gasteiger partial charge in [0.25, 0.3) is 0 Å². The molecule has 0 amide bonds. The molecule has 5 rings (SSSR count). The van der Waals surface area contributed by atoms with Crippen LogP contribution in [0.3, 0.4) is 0 Å². The molecule has 0 saturated carbocycles. The molecule has 0 atom stereocenters. The summed E-state index contributed by atoms with van der Waals surface area (Å²) in [6.07, 6.45) is 5.58. The average molecular weight is 630 g/mol. The molecule has 0 N–H and O–H groups in total. The Morgan fingerprint density at radius 1 is 1.07 bits per heavy atom. The fraction of sp³-hybridized carbons (Fsp3) is 0.394. The number of carbonyl (C=O) groups excluding carboxylic acids is 1. The molecule has 12 heteroatoms. The van der Waals surface area contributed by atoms with Crippen molar-refractivity contribution in [3.63, 3.8) is 0 Å². The monoisotopic (exact) mass is 629 g/mol. The van der Waals surface area contributed by atoms with Crippen molar-refractivity contribution >= 4 is 42.5 Å². The zero-order chi connectivity index (χ0) is 32.2. The van der Waals surface area contributed by atoms with Gasteiger partial charge in [-0.1, -0.05) is 0 Å². The first-order chi connectivity index (χ1) is 21.6. The summed E-state index contributed by atoms with van der Waals surface area (Å²) >= 11 is 0. The summed E-state index contributed by atoms with van der Waals surface area (Å²) in [5.41, 5.74) is 6.13. The van der Waals surface area contributed by atoms with Gasteiger partial charge in [-0.3, -0.25) is 4.57 Å². The van der Waals surface area contributed by atoms with E-state index in [2.05, 4.69) is 53.7 Å². The van der Waals surface area contributed by atoms with Gasteiger partial charge in [-0.05, 0) is 38.1 Å². The lowest BCUT2D eigenvalue weighted by atomic mass is 10.1. The van der Waals surface area contributed by atoms with Gasteiger partial charge in [-0.25, -0.2) is 19.7 Å². The van der Waals surface area contributed by atoms with Crippen molar-refractivity contribution in [2.24, 2.45) is 0 Å². The zero-order valence-corrected chi connectivity index (χ0v) is 28.2. The number of benzene rings is 1. The van der Waals surface area contributed by atoms with Crippen molar-refractivity contribution in [3.8, 4) is 22.8 Å². The van der Waals surface area contributed by atoms with Gasteiger partial charge in [0.05, 0.1) is 76.5 Å². The Morgan fingerprint density at radius 2 is 1.87 bits per heavy atom. The molecule has 0 bridgehead atoms. The van der Waals surface area contributed by atoms with E-state index in [1.165, 1.54) is 7.11 Å². The summed E-state index contributed by atoms with van der Waals surface area (Å²) in [5.74, 6) is 0.977. The summed E-state index contributed by atoms with van der Waals surface area (Å²) in [7, 11) is 6.30. The Balaban J connectivity index is 1.66. The van der Waals surface area contributed by atoms with E-state index in [1.54, 1.807) is 32.8 Å². The summed E-state index contributed by atoms with van der Waals surface area (Å²) in [4.78, 5) is 28.9. The van der Waals surface area contributed by atoms with Gasteiger partial charge in [0.1, 0.15) is 29.4 Å². The third-order valence-electron chi connectivity index (χ3n) is 7.79. The molecule has 0 fully saturated rings. The number of nitrogens with zero attached hydrogens (tertiary/aromatic N) is 6. The number of carbonyl (C=O) groups is 1. The van der Waals surface area contributed by atoms with Crippen molar-refractivity contribution in [2.45, 2.75) is 52.3 Å². The van der Waals surface area contributed by atoms with Crippen molar-refractivity contribution in [2.75, 3.05) is 39.9 Å². The van der Waals surface area contributed by atoms with Crippen molar-refractivity contribution in [1.29, 1.82) is 0 Å². The molecule has 4 aromatic heterocycles. The lowest BCUT2D eigenvalue weighted by molar-refractivity contribution is 0.0594.